The summed E-state index contributed by atoms with van der Waals surface area (Å²) in [5, 5.41) is 6.86. The molecule has 1 N–H and O–H groups in total. The minimum absolute atomic E-state index is 0.388. The normalized spacial score (nSPS) is 13.5. The van der Waals surface area contributed by atoms with Gasteiger partial charge in [0.25, 0.3) is 0 Å². The first-order valence-corrected chi connectivity index (χ1v) is 6.21. The van der Waals surface area contributed by atoms with Crippen molar-refractivity contribution < 1.29 is 0 Å². The first-order chi connectivity index (χ1) is 6.65. The monoisotopic (exact) mass is 212 g/mol. The van der Waals surface area contributed by atoms with Crippen molar-refractivity contribution in [2.75, 3.05) is 6.54 Å². The lowest BCUT2D eigenvalue weighted by atomic mass is 10.2. The summed E-state index contributed by atoms with van der Waals surface area (Å²) in [7, 11) is 0. The molecule has 0 amide bonds. The first-order valence-electron chi connectivity index (χ1n) is 5.33. The van der Waals surface area contributed by atoms with Gasteiger partial charge in [0.15, 0.2) is 0 Å². The van der Waals surface area contributed by atoms with Crippen molar-refractivity contribution in [1.82, 2.24) is 10.3 Å². The first kappa shape index (κ1) is 11.7. The number of hydrogen-bond acceptors (Lipinski definition) is 3. The Balaban J connectivity index is 2.57. The van der Waals surface area contributed by atoms with Crippen molar-refractivity contribution in [2.24, 2.45) is 0 Å². The Morgan fingerprint density at radius 1 is 1.43 bits per heavy atom. The summed E-state index contributed by atoms with van der Waals surface area (Å²) < 4.78 is 0. The fourth-order valence-corrected chi connectivity index (χ4v) is 2.16. The zero-order valence-corrected chi connectivity index (χ0v) is 10.3. The van der Waals surface area contributed by atoms with E-state index in [4.69, 9.17) is 0 Å². The number of nitrogens with one attached hydrogen (secondary N) is 1. The number of thiazole rings is 1. The van der Waals surface area contributed by atoms with Crippen LogP contribution in [-0.2, 0) is 0 Å². The van der Waals surface area contributed by atoms with Crippen LogP contribution in [0.1, 0.15) is 56.8 Å². The van der Waals surface area contributed by atoms with E-state index < -0.39 is 0 Å². The summed E-state index contributed by atoms with van der Waals surface area (Å²) in [6.07, 6.45) is 1.17. The molecule has 0 radical (unpaired) electrons. The molecule has 3 heteroatoms. The number of nitrogens with zero attached hydrogens (tertiary/aromatic N) is 1. The summed E-state index contributed by atoms with van der Waals surface area (Å²) in [6, 6.07) is 0.388. The summed E-state index contributed by atoms with van der Waals surface area (Å²) in [6.45, 7) is 9.80. The smallest absolute Gasteiger partial charge is 0.0954 e. The average Bonchev–Trinajstić information content (AvgIpc) is 2.62. The van der Waals surface area contributed by atoms with Crippen molar-refractivity contribution in [3.8, 4) is 0 Å². The highest BCUT2D eigenvalue weighted by molar-refractivity contribution is 7.09. The van der Waals surface area contributed by atoms with Gasteiger partial charge in [-0.15, -0.1) is 11.3 Å². The number of aromatic nitrogens is 1. The van der Waals surface area contributed by atoms with Crippen LogP contribution in [0.15, 0.2) is 5.38 Å². The molecule has 0 fully saturated rings. The Bertz CT molecular complexity index is 268. The van der Waals surface area contributed by atoms with E-state index in [1.54, 1.807) is 11.3 Å². The quantitative estimate of drug-likeness (QED) is 0.810. The van der Waals surface area contributed by atoms with Crippen molar-refractivity contribution in [3.63, 3.8) is 0 Å². The Morgan fingerprint density at radius 2 is 2.14 bits per heavy atom. The van der Waals surface area contributed by atoms with E-state index in [1.807, 2.05) is 0 Å². The Labute approximate surface area is 90.8 Å². The van der Waals surface area contributed by atoms with E-state index >= 15 is 0 Å². The molecule has 1 aromatic rings. The summed E-state index contributed by atoms with van der Waals surface area (Å²) >= 11 is 1.77. The molecule has 0 saturated carbocycles. The van der Waals surface area contributed by atoms with E-state index in [0.29, 0.717) is 12.0 Å². The van der Waals surface area contributed by atoms with Gasteiger partial charge in [0.1, 0.15) is 0 Å². The molecule has 0 aliphatic rings. The Morgan fingerprint density at radius 3 is 2.64 bits per heavy atom. The third-order valence-electron chi connectivity index (χ3n) is 2.18. The standard InChI is InChI=1S/C11H20N2S/c1-5-6-12-9(4)10-7-14-11(13-10)8(2)3/h7-9,12H,5-6H2,1-4H3. The second kappa shape index (κ2) is 5.47. The largest absolute Gasteiger partial charge is 0.309 e. The topological polar surface area (TPSA) is 24.9 Å². The highest BCUT2D eigenvalue weighted by atomic mass is 32.1. The molecule has 1 heterocycles. The maximum absolute atomic E-state index is 4.62. The highest BCUT2D eigenvalue weighted by Crippen LogP contribution is 2.22. The molecule has 0 spiro atoms. The predicted octanol–water partition coefficient (Wildman–Crippen LogP) is 3.33. The van der Waals surface area contributed by atoms with Gasteiger partial charge in [-0.2, -0.15) is 0 Å². The van der Waals surface area contributed by atoms with Gasteiger partial charge in [-0.1, -0.05) is 20.8 Å². The predicted molar refractivity (Wildman–Crippen MR) is 62.9 cm³/mol. The molecule has 1 unspecified atom stereocenters. The molecule has 14 heavy (non-hydrogen) atoms. The van der Waals surface area contributed by atoms with Crippen LogP contribution in [0.5, 0.6) is 0 Å². The third-order valence-corrected chi connectivity index (χ3v) is 3.34. The zero-order chi connectivity index (χ0) is 10.6. The highest BCUT2D eigenvalue weighted by Gasteiger charge is 2.10. The zero-order valence-electron chi connectivity index (χ0n) is 9.50. The van der Waals surface area contributed by atoms with Crippen LogP contribution in [-0.4, -0.2) is 11.5 Å². The van der Waals surface area contributed by atoms with Crippen LogP contribution >= 0.6 is 11.3 Å². The van der Waals surface area contributed by atoms with Gasteiger partial charge in [0.05, 0.1) is 10.7 Å². The second-order valence-electron chi connectivity index (χ2n) is 3.94. The van der Waals surface area contributed by atoms with Crippen LogP contribution in [0.4, 0.5) is 0 Å². The minimum atomic E-state index is 0.388. The SMILES string of the molecule is CCCNC(C)c1csc(C(C)C)n1. The van der Waals surface area contributed by atoms with E-state index in [1.165, 1.54) is 17.1 Å². The second-order valence-corrected chi connectivity index (χ2v) is 4.83. The van der Waals surface area contributed by atoms with E-state index in [2.05, 4.69) is 43.4 Å². The lowest BCUT2D eigenvalue weighted by Crippen LogP contribution is -2.19. The molecular weight excluding hydrogens is 192 g/mol. The van der Waals surface area contributed by atoms with Gasteiger partial charge in [-0.25, -0.2) is 4.98 Å². The van der Waals surface area contributed by atoms with Gasteiger partial charge in [0, 0.05) is 17.3 Å². The van der Waals surface area contributed by atoms with Crippen LogP contribution in [0, 0.1) is 0 Å². The number of rotatable bonds is 5. The fraction of sp³-hybridized carbons (Fsp3) is 0.727. The van der Waals surface area contributed by atoms with Crippen LogP contribution in [0.3, 0.4) is 0 Å². The number of hydrogen-bond donors (Lipinski definition) is 1. The van der Waals surface area contributed by atoms with Crippen molar-refractivity contribution in [2.45, 2.75) is 46.1 Å². The van der Waals surface area contributed by atoms with Gasteiger partial charge >= 0.3 is 0 Å². The molecule has 2 nitrogen and oxygen atoms in total. The molecule has 1 atom stereocenters. The molecule has 1 aromatic heterocycles. The van der Waals surface area contributed by atoms with Crippen LogP contribution in [0.25, 0.3) is 0 Å². The van der Waals surface area contributed by atoms with E-state index in [0.717, 1.165) is 6.54 Å². The molecule has 0 bridgehead atoms. The molecule has 80 valence electrons. The summed E-state index contributed by atoms with van der Waals surface area (Å²) in [4.78, 5) is 4.62. The van der Waals surface area contributed by atoms with Crippen LogP contribution < -0.4 is 5.32 Å². The molecule has 0 aliphatic carbocycles. The Hall–Kier alpha value is -0.410. The average molecular weight is 212 g/mol. The van der Waals surface area contributed by atoms with Crippen molar-refractivity contribution >= 4 is 11.3 Å². The van der Waals surface area contributed by atoms with Crippen molar-refractivity contribution in [1.29, 1.82) is 0 Å². The lowest BCUT2D eigenvalue weighted by molar-refractivity contribution is 0.559. The molecule has 1 rings (SSSR count). The maximum atomic E-state index is 4.62. The minimum Gasteiger partial charge on any atom is -0.309 e. The van der Waals surface area contributed by atoms with Gasteiger partial charge in [0.2, 0.25) is 0 Å². The van der Waals surface area contributed by atoms with Gasteiger partial charge in [-0.3, -0.25) is 0 Å². The van der Waals surface area contributed by atoms with E-state index in [-0.39, 0.29) is 0 Å². The summed E-state index contributed by atoms with van der Waals surface area (Å²) in [5.74, 6) is 0.548. The molecule has 0 aromatic carbocycles. The van der Waals surface area contributed by atoms with Gasteiger partial charge in [-0.05, 0) is 19.9 Å². The fourth-order valence-electron chi connectivity index (χ4n) is 1.23. The molecule has 0 aliphatic heterocycles. The summed E-state index contributed by atoms with van der Waals surface area (Å²) in [5.41, 5.74) is 1.19. The lowest BCUT2D eigenvalue weighted by Gasteiger charge is -2.09. The maximum Gasteiger partial charge on any atom is 0.0954 e. The van der Waals surface area contributed by atoms with Gasteiger partial charge < -0.3 is 5.32 Å². The molecular formula is C11H20N2S. The van der Waals surface area contributed by atoms with E-state index in [9.17, 15) is 0 Å². The third kappa shape index (κ3) is 3.07. The molecule has 0 saturated heterocycles. The van der Waals surface area contributed by atoms with Crippen LogP contribution in [0.2, 0.25) is 0 Å². The van der Waals surface area contributed by atoms with Crippen molar-refractivity contribution in [3.05, 3.63) is 16.1 Å². The Kier molecular flexibility index (Phi) is 4.55.